The molecule has 5 rings (SSSR count). The Labute approximate surface area is 174 Å². The van der Waals surface area contributed by atoms with Crippen molar-refractivity contribution in [1.29, 1.82) is 0 Å². The van der Waals surface area contributed by atoms with Crippen LogP contribution in [0.5, 0.6) is 5.75 Å². The van der Waals surface area contributed by atoms with Crippen LogP contribution in [0.2, 0.25) is 0 Å². The molecule has 0 amide bonds. The lowest BCUT2D eigenvalue weighted by Gasteiger charge is -2.29. The largest absolute Gasteiger partial charge is 0.493 e. The predicted octanol–water partition coefficient (Wildman–Crippen LogP) is 4.66. The van der Waals surface area contributed by atoms with E-state index in [0.29, 0.717) is 24.9 Å². The lowest BCUT2D eigenvalue weighted by Crippen LogP contribution is -2.34. The van der Waals surface area contributed by atoms with Crippen molar-refractivity contribution in [2.24, 2.45) is 0 Å². The molecular formula is C23H24N4O3. The Balaban J connectivity index is 1.29. The normalized spacial score (nSPS) is 17.4. The lowest BCUT2D eigenvalue weighted by atomic mass is 9.98. The third kappa shape index (κ3) is 3.80. The zero-order valence-corrected chi connectivity index (χ0v) is 17.0. The number of hydrogen-bond donors (Lipinski definition) is 0. The van der Waals surface area contributed by atoms with Crippen LogP contribution in [-0.2, 0) is 6.54 Å². The van der Waals surface area contributed by atoms with Crippen LogP contribution in [0.15, 0.2) is 57.5 Å². The molecule has 4 aromatic rings. The molecule has 154 valence electrons. The number of likely N-dealkylation sites (tertiary alicyclic amines) is 1. The first-order chi connectivity index (χ1) is 14.8. The molecule has 0 radical (unpaired) electrons. The van der Waals surface area contributed by atoms with Gasteiger partial charge in [0.2, 0.25) is 11.7 Å². The van der Waals surface area contributed by atoms with Gasteiger partial charge in [0.1, 0.15) is 11.3 Å². The van der Waals surface area contributed by atoms with Gasteiger partial charge >= 0.3 is 0 Å². The van der Waals surface area contributed by atoms with Crippen LogP contribution in [0.4, 0.5) is 0 Å². The Morgan fingerprint density at radius 1 is 1.10 bits per heavy atom. The van der Waals surface area contributed by atoms with Crippen LogP contribution in [0.25, 0.3) is 22.5 Å². The monoisotopic (exact) mass is 404 g/mol. The molecule has 1 aliphatic rings. The third-order valence-corrected chi connectivity index (χ3v) is 5.42. The van der Waals surface area contributed by atoms with Crippen molar-refractivity contribution in [1.82, 2.24) is 20.0 Å². The van der Waals surface area contributed by atoms with Crippen molar-refractivity contribution in [3.63, 3.8) is 0 Å². The standard InChI is InChI=1S/C23H24N4O3/c1-2-28-19-11-5-3-9-17(19)22-25-21(30-26-22)15-27-13-7-8-16(14-27)23-24-18-10-4-6-12-20(18)29-23/h3-6,9-12,16H,2,7-8,13-15H2,1H3/t16-/m0/s1. The van der Waals surface area contributed by atoms with Crippen LogP contribution in [0, 0.1) is 0 Å². The summed E-state index contributed by atoms with van der Waals surface area (Å²) >= 11 is 0. The minimum absolute atomic E-state index is 0.271. The molecular weight excluding hydrogens is 380 g/mol. The Hall–Kier alpha value is -3.19. The fraction of sp³-hybridized carbons (Fsp3) is 0.348. The minimum atomic E-state index is 0.271. The van der Waals surface area contributed by atoms with E-state index in [1.807, 2.05) is 55.5 Å². The highest BCUT2D eigenvalue weighted by Crippen LogP contribution is 2.31. The lowest BCUT2D eigenvalue weighted by molar-refractivity contribution is 0.167. The van der Waals surface area contributed by atoms with Gasteiger partial charge in [-0.05, 0) is 50.6 Å². The maximum absolute atomic E-state index is 6.00. The van der Waals surface area contributed by atoms with E-state index in [9.17, 15) is 0 Å². The van der Waals surface area contributed by atoms with Crippen LogP contribution in [-0.4, -0.2) is 39.7 Å². The number of oxazole rings is 1. The van der Waals surface area contributed by atoms with E-state index < -0.39 is 0 Å². The summed E-state index contributed by atoms with van der Waals surface area (Å²) in [4.78, 5) is 11.6. The van der Waals surface area contributed by atoms with E-state index >= 15 is 0 Å². The average Bonchev–Trinajstić information content (AvgIpc) is 3.42. The average molecular weight is 404 g/mol. The number of para-hydroxylation sites is 3. The van der Waals surface area contributed by atoms with E-state index in [1.165, 1.54) is 0 Å². The first kappa shape index (κ1) is 18.8. The Bertz CT molecular complexity index is 1100. The number of benzene rings is 2. The molecule has 0 spiro atoms. The van der Waals surface area contributed by atoms with E-state index in [0.717, 1.165) is 54.2 Å². The third-order valence-electron chi connectivity index (χ3n) is 5.42. The van der Waals surface area contributed by atoms with Gasteiger partial charge in [0.25, 0.3) is 0 Å². The number of aromatic nitrogens is 3. The summed E-state index contributed by atoms with van der Waals surface area (Å²) < 4.78 is 17.2. The minimum Gasteiger partial charge on any atom is -0.493 e. The van der Waals surface area contributed by atoms with Crippen molar-refractivity contribution < 1.29 is 13.7 Å². The molecule has 0 aliphatic carbocycles. The van der Waals surface area contributed by atoms with E-state index in [2.05, 4.69) is 15.0 Å². The molecule has 2 aromatic heterocycles. The molecule has 2 aromatic carbocycles. The van der Waals surface area contributed by atoms with E-state index in [1.54, 1.807) is 0 Å². The second kappa shape index (κ2) is 8.28. The number of hydrogen-bond acceptors (Lipinski definition) is 7. The van der Waals surface area contributed by atoms with Crippen molar-refractivity contribution in [2.75, 3.05) is 19.7 Å². The summed E-state index contributed by atoms with van der Waals surface area (Å²) in [5.41, 5.74) is 2.61. The molecule has 0 unspecified atom stereocenters. The number of rotatable bonds is 6. The van der Waals surface area contributed by atoms with Gasteiger partial charge in [0.05, 0.1) is 18.7 Å². The molecule has 1 aliphatic heterocycles. The predicted molar refractivity (Wildman–Crippen MR) is 112 cm³/mol. The molecule has 0 N–H and O–H groups in total. The SMILES string of the molecule is CCOc1ccccc1-c1noc(CN2CCC[C@H](c3nc4ccccc4o3)C2)n1. The maximum atomic E-state index is 6.00. The molecule has 7 nitrogen and oxygen atoms in total. The molecule has 0 bridgehead atoms. The molecule has 1 fully saturated rings. The van der Waals surface area contributed by atoms with Crippen LogP contribution in [0.3, 0.4) is 0 Å². The van der Waals surface area contributed by atoms with Crippen LogP contribution >= 0.6 is 0 Å². The van der Waals surface area contributed by atoms with Gasteiger partial charge in [0, 0.05) is 12.5 Å². The molecule has 7 heteroatoms. The van der Waals surface area contributed by atoms with Crippen LogP contribution < -0.4 is 4.74 Å². The molecule has 3 heterocycles. The summed E-state index contributed by atoms with van der Waals surface area (Å²) in [5, 5.41) is 4.18. The summed E-state index contributed by atoms with van der Waals surface area (Å²) in [6.45, 7) is 5.01. The molecule has 1 atom stereocenters. The first-order valence-corrected chi connectivity index (χ1v) is 10.4. The zero-order chi connectivity index (χ0) is 20.3. The highest BCUT2D eigenvalue weighted by atomic mass is 16.5. The summed E-state index contributed by atoms with van der Waals surface area (Å²) in [6, 6.07) is 15.7. The Morgan fingerprint density at radius 3 is 2.87 bits per heavy atom. The van der Waals surface area contributed by atoms with Gasteiger partial charge in [-0.15, -0.1) is 0 Å². The van der Waals surface area contributed by atoms with Gasteiger partial charge in [0.15, 0.2) is 11.5 Å². The Morgan fingerprint density at radius 2 is 1.97 bits per heavy atom. The topological polar surface area (TPSA) is 77.4 Å². The smallest absolute Gasteiger partial charge is 0.241 e. The fourth-order valence-electron chi connectivity index (χ4n) is 4.02. The van der Waals surface area contributed by atoms with E-state index in [-0.39, 0.29) is 5.92 Å². The highest BCUT2D eigenvalue weighted by molar-refractivity contribution is 5.72. The van der Waals surface area contributed by atoms with Crippen molar-refractivity contribution in [3.05, 3.63) is 60.3 Å². The number of ether oxygens (including phenoxy) is 1. The Kier molecular flexibility index (Phi) is 5.19. The van der Waals surface area contributed by atoms with Gasteiger partial charge in [-0.2, -0.15) is 4.98 Å². The van der Waals surface area contributed by atoms with Gasteiger partial charge in [-0.1, -0.05) is 29.4 Å². The highest BCUT2D eigenvalue weighted by Gasteiger charge is 2.26. The van der Waals surface area contributed by atoms with Crippen LogP contribution in [0.1, 0.15) is 37.5 Å². The summed E-state index contributed by atoms with van der Waals surface area (Å²) in [7, 11) is 0. The van der Waals surface area contributed by atoms with Crippen molar-refractivity contribution >= 4 is 11.1 Å². The van der Waals surface area contributed by atoms with Gasteiger partial charge in [-0.3, -0.25) is 4.90 Å². The molecule has 30 heavy (non-hydrogen) atoms. The first-order valence-electron chi connectivity index (χ1n) is 10.4. The number of piperidine rings is 1. The van der Waals surface area contributed by atoms with Gasteiger partial charge in [-0.25, -0.2) is 4.98 Å². The molecule has 0 saturated carbocycles. The van der Waals surface area contributed by atoms with Gasteiger partial charge < -0.3 is 13.7 Å². The van der Waals surface area contributed by atoms with E-state index in [4.69, 9.17) is 18.7 Å². The second-order valence-corrected chi connectivity index (χ2v) is 7.53. The number of nitrogens with zero attached hydrogens (tertiary/aromatic N) is 4. The zero-order valence-electron chi connectivity index (χ0n) is 17.0. The number of fused-ring (bicyclic) bond motifs is 1. The fourth-order valence-corrected chi connectivity index (χ4v) is 4.02. The van der Waals surface area contributed by atoms with Crippen molar-refractivity contribution in [2.45, 2.75) is 32.2 Å². The van der Waals surface area contributed by atoms with Crippen molar-refractivity contribution in [3.8, 4) is 17.1 Å². The summed E-state index contributed by atoms with van der Waals surface area (Å²) in [5.74, 6) is 3.02. The second-order valence-electron chi connectivity index (χ2n) is 7.53. The maximum Gasteiger partial charge on any atom is 0.241 e. The quantitative estimate of drug-likeness (QED) is 0.463. The summed E-state index contributed by atoms with van der Waals surface area (Å²) in [6.07, 6.45) is 2.15. The molecule has 1 saturated heterocycles.